The minimum absolute atomic E-state index is 0.573. The number of hydrogen-bond donors (Lipinski definition) is 1. The van der Waals surface area contributed by atoms with Crippen molar-refractivity contribution in [2.45, 2.75) is 44.6 Å². The number of nitrogens with zero attached hydrogens (tertiary/aromatic N) is 3. The third kappa shape index (κ3) is 3.78. The first kappa shape index (κ1) is 13.5. The maximum absolute atomic E-state index is 5.34. The highest BCUT2D eigenvalue weighted by Crippen LogP contribution is 2.18. The molecule has 1 aliphatic rings. The minimum Gasteiger partial charge on any atom is -0.339 e. The Morgan fingerprint density at radius 3 is 3.11 bits per heavy atom. The SMILES string of the molecule is CNCCCc1noc(CC2CCCCN2C)n1. The summed E-state index contributed by atoms with van der Waals surface area (Å²) in [6.07, 6.45) is 6.72. The van der Waals surface area contributed by atoms with Gasteiger partial charge in [0.25, 0.3) is 0 Å². The number of nitrogens with one attached hydrogen (secondary N) is 1. The number of piperidine rings is 1. The second kappa shape index (κ2) is 6.85. The quantitative estimate of drug-likeness (QED) is 0.772. The fourth-order valence-electron chi connectivity index (χ4n) is 2.50. The summed E-state index contributed by atoms with van der Waals surface area (Å²) in [7, 11) is 4.15. The van der Waals surface area contributed by atoms with E-state index in [1.54, 1.807) is 0 Å². The molecule has 0 saturated carbocycles. The molecule has 1 aromatic rings. The first-order valence-corrected chi connectivity index (χ1v) is 6.96. The number of aryl methyl sites for hydroxylation is 1. The largest absolute Gasteiger partial charge is 0.339 e. The van der Waals surface area contributed by atoms with E-state index in [-0.39, 0.29) is 0 Å². The Balaban J connectivity index is 1.82. The average Bonchev–Trinajstić information content (AvgIpc) is 2.80. The molecule has 1 aliphatic heterocycles. The summed E-state index contributed by atoms with van der Waals surface area (Å²) in [6.45, 7) is 2.18. The van der Waals surface area contributed by atoms with Gasteiger partial charge in [-0.2, -0.15) is 4.98 Å². The predicted octanol–water partition coefficient (Wildman–Crippen LogP) is 1.25. The summed E-state index contributed by atoms with van der Waals surface area (Å²) in [6, 6.07) is 0.573. The van der Waals surface area contributed by atoms with Crippen molar-refractivity contribution in [2.24, 2.45) is 0 Å². The second-order valence-electron chi connectivity index (χ2n) is 5.15. The number of hydrogen-bond acceptors (Lipinski definition) is 5. The van der Waals surface area contributed by atoms with Crippen molar-refractivity contribution < 1.29 is 4.52 Å². The van der Waals surface area contributed by atoms with E-state index in [1.807, 2.05) is 7.05 Å². The van der Waals surface area contributed by atoms with Crippen molar-refractivity contribution in [3.63, 3.8) is 0 Å². The van der Waals surface area contributed by atoms with Crippen LogP contribution in [0.3, 0.4) is 0 Å². The van der Waals surface area contributed by atoms with Crippen LogP contribution in [0.15, 0.2) is 4.52 Å². The summed E-state index contributed by atoms with van der Waals surface area (Å²) >= 11 is 0. The molecular weight excluding hydrogens is 228 g/mol. The van der Waals surface area contributed by atoms with Gasteiger partial charge in [-0.25, -0.2) is 0 Å². The van der Waals surface area contributed by atoms with Crippen LogP contribution in [0.1, 0.15) is 37.4 Å². The smallest absolute Gasteiger partial charge is 0.228 e. The van der Waals surface area contributed by atoms with Gasteiger partial charge >= 0.3 is 0 Å². The zero-order valence-electron chi connectivity index (χ0n) is 11.5. The molecule has 0 spiro atoms. The van der Waals surface area contributed by atoms with Crippen molar-refractivity contribution in [1.29, 1.82) is 0 Å². The summed E-state index contributed by atoms with van der Waals surface area (Å²) in [5.74, 6) is 1.65. The van der Waals surface area contributed by atoms with Crippen LogP contribution >= 0.6 is 0 Å². The molecule has 2 rings (SSSR count). The Morgan fingerprint density at radius 1 is 1.44 bits per heavy atom. The molecule has 0 aliphatic carbocycles. The van der Waals surface area contributed by atoms with Crippen LogP contribution in [0, 0.1) is 0 Å². The Labute approximate surface area is 109 Å². The van der Waals surface area contributed by atoms with Crippen LogP contribution in [0.4, 0.5) is 0 Å². The zero-order valence-corrected chi connectivity index (χ0v) is 11.5. The van der Waals surface area contributed by atoms with E-state index in [4.69, 9.17) is 4.52 Å². The Morgan fingerprint density at radius 2 is 2.33 bits per heavy atom. The van der Waals surface area contributed by atoms with Crippen LogP contribution in [-0.4, -0.2) is 48.3 Å². The molecule has 5 heteroatoms. The third-order valence-electron chi connectivity index (χ3n) is 3.67. The van der Waals surface area contributed by atoms with Gasteiger partial charge in [0.15, 0.2) is 5.82 Å². The minimum atomic E-state index is 0.573. The molecule has 18 heavy (non-hydrogen) atoms. The maximum Gasteiger partial charge on any atom is 0.228 e. The third-order valence-corrected chi connectivity index (χ3v) is 3.67. The fraction of sp³-hybridized carbons (Fsp3) is 0.846. The van der Waals surface area contributed by atoms with Gasteiger partial charge in [-0.3, -0.25) is 0 Å². The number of likely N-dealkylation sites (N-methyl/N-ethyl adjacent to an activating group) is 1. The Kier molecular flexibility index (Phi) is 5.13. The van der Waals surface area contributed by atoms with Crippen molar-refractivity contribution in [3.8, 4) is 0 Å². The normalized spacial score (nSPS) is 21.3. The topological polar surface area (TPSA) is 54.2 Å². The number of rotatable bonds is 6. The molecule has 1 atom stereocenters. The van der Waals surface area contributed by atoms with Gasteiger partial charge in [-0.1, -0.05) is 11.6 Å². The van der Waals surface area contributed by atoms with E-state index >= 15 is 0 Å². The van der Waals surface area contributed by atoms with E-state index in [0.717, 1.165) is 37.5 Å². The fourth-order valence-corrected chi connectivity index (χ4v) is 2.50. The molecule has 1 aromatic heterocycles. The standard InChI is InChI=1S/C13H24N4O/c1-14-8-5-7-12-15-13(18-16-12)10-11-6-3-4-9-17(11)2/h11,14H,3-10H2,1-2H3. The molecule has 0 amide bonds. The van der Waals surface area contributed by atoms with Gasteiger partial charge in [-0.05, 0) is 46.4 Å². The second-order valence-corrected chi connectivity index (χ2v) is 5.15. The first-order valence-electron chi connectivity index (χ1n) is 6.96. The van der Waals surface area contributed by atoms with Gasteiger partial charge in [0, 0.05) is 18.9 Å². The monoisotopic (exact) mass is 252 g/mol. The van der Waals surface area contributed by atoms with Crippen LogP contribution in [0.25, 0.3) is 0 Å². The molecule has 1 unspecified atom stereocenters. The molecule has 1 saturated heterocycles. The van der Waals surface area contributed by atoms with E-state index in [2.05, 4.69) is 27.4 Å². The molecule has 1 fully saturated rings. The zero-order chi connectivity index (χ0) is 12.8. The highest BCUT2D eigenvalue weighted by atomic mass is 16.5. The lowest BCUT2D eigenvalue weighted by Crippen LogP contribution is -2.37. The predicted molar refractivity (Wildman–Crippen MR) is 70.5 cm³/mol. The lowest BCUT2D eigenvalue weighted by Gasteiger charge is -2.31. The summed E-state index contributed by atoms with van der Waals surface area (Å²) < 4.78 is 5.34. The van der Waals surface area contributed by atoms with Crippen molar-refractivity contribution in [1.82, 2.24) is 20.4 Å². The lowest BCUT2D eigenvalue weighted by atomic mass is 10.0. The van der Waals surface area contributed by atoms with Crippen LogP contribution < -0.4 is 5.32 Å². The molecule has 2 heterocycles. The molecule has 0 aromatic carbocycles. The van der Waals surface area contributed by atoms with Crippen LogP contribution in [-0.2, 0) is 12.8 Å². The average molecular weight is 252 g/mol. The van der Waals surface area contributed by atoms with Crippen molar-refractivity contribution in [2.75, 3.05) is 27.2 Å². The van der Waals surface area contributed by atoms with Crippen molar-refractivity contribution in [3.05, 3.63) is 11.7 Å². The van der Waals surface area contributed by atoms with Crippen molar-refractivity contribution >= 4 is 0 Å². The Hall–Kier alpha value is -0.940. The maximum atomic E-state index is 5.34. The molecule has 0 radical (unpaired) electrons. The van der Waals surface area contributed by atoms with E-state index in [0.29, 0.717) is 6.04 Å². The van der Waals surface area contributed by atoms with Gasteiger partial charge in [0.1, 0.15) is 0 Å². The lowest BCUT2D eigenvalue weighted by molar-refractivity contribution is 0.173. The van der Waals surface area contributed by atoms with E-state index < -0.39 is 0 Å². The Bertz CT molecular complexity index is 353. The molecule has 1 N–H and O–H groups in total. The first-order chi connectivity index (χ1) is 8.79. The number of likely N-dealkylation sites (tertiary alicyclic amines) is 1. The molecule has 102 valence electrons. The molecule has 0 bridgehead atoms. The summed E-state index contributed by atoms with van der Waals surface area (Å²) in [5.41, 5.74) is 0. The molecule has 5 nitrogen and oxygen atoms in total. The van der Waals surface area contributed by atoms with Gasteiger partial charge in [0.2, 0.25) is 5.89 Å². The van der Waals surface area contributed by atoms with Gasteiger partial charge < -0.3 is 14.7 Å². The molecular formula is C13H24N4O. The highest BCUT2D eigenvalue weighted by Gasteiger charge is 2.21. The highest BCUT2D eigenvalue weighted by molar-refractivity contribution is 4.91. The van der Waals surface area contributed by atoms with Crippen LogP contribution in [0.5, 0.6) is 0 Å². The number of aromatic nitrogens is 2. The van der Waals surface area contributed by atoms with E-state index in [9.17, 15) is 0 Å². The van der Waals surface area contributed by atoms with Gasteiger partial charge in [-0.15, -0.1) is 0 Å². The summed E-state index contributed by atoms with van der Waals surface area (Å²) in [5, 5.41) is 7.17. The van der Waals surface area contributed by atoms with E-state index in [1.165, 1.54) is 25.8 Å². The summed E-state index contributed by atoms with van der Waals surface area (Å²) in [4.78, 5) is 6.89. The van der Waals surface area contributed by atoms with Crippen LogP contribution in [0.2, 0.25) is 0 Å². The van der Waals surface area contributed by atoms with Gasteiger partial charge in [0.05, 0.1) is 0 Å².